The maximum atomic E-state index is 13.7. The highest BCUT2D eigenvalue weighted by molar-refractivity contribution is 7.80. The average Bonchev–Trinajstić information content (AvgIpc) is 3.01. The molecule has 1 aliphatic rings. The number of nitrogens with one attached hydrogen (secondary N) is 2. The lowest BCUT2D eigenvalue weighted by molar-refractivity contribution is -0.128. The predicted octanol–water partition coefficient (Wildman–Crippen LogP) is 3.57. The molecule has 1 saturated heterocycles. The molecule has 0 radical (unpaired) electrons. The van der Waals surface area contributed by atoms with Gasteiger partial charge in [-0.2, -0.15) is 0 Å². The van der Waals surface area contributed by atoms with Crippen LogP contribution in [0.2, 0.25) is 0 Å². The van der Waals surface area contributed by atoms with E-state index in [1.165, 1.54) is 6.07 Å². The number of anilines is 1. The van der Waals surface area contributed by atoms with Gasteiger partial charge in [0.1, 0.15) is 11.6 Å². The lowest BCUT2D eigenvalue weighted by Gasteiger charge is -2.19. The molecular weight excluding hydrogens is 356 g/mol. The Bertz CT molecular complexity index is 828. The van der Waals surface area contributed by atoms with Crippen LogP contribution in [0.25, 0.3) is 0 Å². The third-order valence-electron chi connectivity index (χ3n) is 4.27. The van der Waals surface area contributed by atoms with Crippen LogP contribution in [-0.2, 0) is 17.9 Å². The number of carbonyl (C=O) groups is 1. The number of thiocarbonyl (C=S) groups is 1. The summed E-state index contributed by atoms with van der Waals surface area (Å²) < 4.78 is 26.6. The molecule has 136 valence electrons. The smallest absolute Gasteiger partial charge is 0.222 e. The number of hydrogen-bond donors (Lipinski definition) is 2. The van der Waals surface area contributed by atoms with E-state index in [0.717, 1.165) is 36.2 Å². The monoisotopic (exact) mass is 375 g/mol. The first-order valence-electron chi connectivity index (χ1n) is 8.37. The number of rotatable bonds is 5. The highest BCUT2D eigenvalue weighted by atomic mass is 32.1. The van der Waals surface area contributed by atoms with Gasteiger partial charge in [0.25, 0.3) is 0 Å². The van der Waals surface area contributed by atoms with Gasteiger partial charge in [0.2, 0.25) is 5.91 Å². The zero-order valence-corrected chi connectivity index (χ0v) is 14.9. The zero-order chi connectivity index (χ0) is 18.5. The van der Waals surface area contributed by atoms with Crippen molar-refractivity contribution in [2.45, 2.75) is 25.9 Å². The molecule has 2 aromatic carbocycles. The second-order valence-corrected chi connectivity index (χ2v) is 6.53. The summed E-state index contributed by atoms with van der Waals surface area (Å²) in [6, 6.07) is 11.1. The summed E-state index contributed by atoms with van der Waals surface area (Å²) in [5.41, 5.74) is 2.17. The van der Waals surface area contributed by atoms with E-state index < -0.39 is 11.6 Å². The predicted molar refractivity (Wildman–Crippen MR) is 101 cm³/mol. The fourth-order valence-electron chi connectivity index (χ4n) is 2.89. The highest BCUT2D eigenvalue weighted by Crippen LogP contribution is 2.18. The van der Waals surface area contributed by atoms with E-state index in [2.05, 4.69) is 10.6 Å². The van der Waals surface area contributed by atoms with Crippen molar-refractivity contribution in [1.82, 2.24) is 10.2 Å². The van der Waals surface area contributed by atoms with Crippen molar-refractivity contribution in [2.75, 3.05) is 11.9 Å². The number of likely N-dealkylation sites (tertiary alicyclic amines) is 1. The SMILES string of the molecule is O=C1CCCN1Cc1ccccc1CNC(=S)Nc1ccc(F)cc1F. The van der Waals surface area contributed by atoms with Crippen LogP contribution in [0.5, 0.6) is 0 Å². The Morgan fingerprint density at radius 3 is 2.62 bits per heavy atom. The summed E-state index contributed by atoms with van der Waals surface area (Å²) in [6.45, 7) is 1.79. The Labute approximate surface area is 156 Å². The van der Waals surface area contributed by atoms with Crippen LogP contribution in [0.1, 0.15) is 24.0 Å². The second kappa shape index (κ2) is 8.23. The van der Waals surface area contributed by atoms with Gasteiger partial charge in [-0.1, -0.05) is 24.3 Å². The Morgan fingerprint density at radius 2 is 1.92 bits per heavy atom. The highest BCUT2D eigenvalue weighted by Gasteiger charge is 2.20. The van der Waals surface area contributed by atoms with E-state index in [9.17, 15) is 13.6 Å². The fourth-order valence-corrected chi connectivity index (χ4v) is 3.08. The van der Waals surface area contributed by atoms with Crippen molar-refractivity contribution in [3.05, 3.63) is 65.2 Å². The summed E-state index contributed by atoms with van der Waals surface area (Å²) in [5, 5.41) is 5.98. The number of carbonyl (C=O) groups excluding carboxylic acids is 1. The largest absolute Gasteiger partial charge is 0.358 e. The van der Waals surface area contributed by atoms with Crippen LogP contribution in [0.15, 0.2) is 42.5 Å². The molecule has 0 aromatic heterocycles. The van der Waals surface area contributed by atoms with E-state index in [1.807, 2.05) is 29.2 Å². The molecule has 1 heterocycles. The minimum atomic E-state index is -0.706. The van der Waals surface area contributed by atoms with Crippen molar-refractivity contribution < 1.29 is 13.6 Å². The maximum absolute atomic E-state index is 13.7. The fraction of sp³-hybridized carbons (Fsp3) is 0.263. The van der Waals surface area contributed by atoms with Crippen molar-refractivity contribution in [3.63, 3.8) is 0 Å². The third kappa shape index (κ3) is 4.54. The van der Waals surface area contributed by atoms with Gasteiger partial charge in [-0.3, -0.25) is 4.79 Å². The molecule has 0 bridgehead atoms. The molecule has 2 aromatic rings. The van der Waals surface area contributed by atoms with Crippen molar-refractivity contribution in [3.8, 4) is 0 Å². The quantitative estimate of drug-likeness (QED) is 0.785. The first-order chi connectivity index (χ1) is 12.5. The number of halogens is 2. The maximum Gasteiger partial charge on any atom is 0.222 e. The molecule has 7 heteroatoms. The normalized spacial score (nSPS) is 13.8. The third-order valence-corrected chi connectivity index (χ3v) is 4.52. The number of nitrogens with zero attached hydrogens (tertiary/aromatic N) is 1. The van der Waals surface area contributed by atoms with E-state index in [4.69, 9.17) is 12.2 Å². The molecule has 0 unspecified atom stereocenters. The van der Waals surface area contributed by atoms with Crippen LogP contribution in [0, 0.1) is 11.6 Å². The number of hydrogen-bond acceptors (Lipinski definition) is 2. The van der Waals surface area contributed by atoms with Crippen molar-refractivity contribution >= 4 is 28.9 Å². The lowest BCUT2D eigenvalue weighted by Crippen LogP contribution is -2.29. The Kier molecular flexibility index (Phi) is 5.78. The Hall–Kier alpha value is -2.54. The summed E-state index contributed by atoms with van der Waals surface area (Å²) >= 11 is 5.19. The zero-order valence-electron chi connectivity index (χ0n) is 14.1. The van der Waals surface area contributed by atoms with E-state index in [1.54, 1.807) is 0 Å². The first kappa shape index (κ1) is 18.3. The van der Waals surface area contributed by atoms with Gasteiger partial charge >= 0.3 is 0 Å². The molecule has 3 rings (SSSR count). The van der Waals surface area contributed by atoms with E-state index in [-0.39, 0.29) is 16.7 Å². The lowest BCUT2D eigenvalue weighted by atomic mass is 10.1. The molecule has 26 heavy (non-hydrogen) atoms. The van der Waals surface area contributed by atoms with Gasteiger partial charge in [0.05, 0.1) is 5.69 Å². The van der Waals surface area contributed by atoms with Crippen LogP contribution in [0.4, 0.5) is 14.5 Å². The molecule has 0 atom stereocenters. The molecule has 4 nitrogen and oxygen atoms in total. The van der Waals surface area contributed by atoms with Gasteiger partial charge in [-0.05, 0) is 41.9 Å². The standard InChI is InChI=1S/C19H19F2N3OS/c20-15-7-8-17(16(21)10-15)23-19(26)22-11-13-4-1-2-5-14(13)12-24-9-3-6-18(24)25/h1-2,4-5,7-8,10H,3,6,9,11-12H2,(H2,22,23,26). The van der Waals surface area contributed by atoms with Gasteiger partial charge in [-0.15, -0.1) is 0 Å². The average molecular weight is 375 g/mol. The summed E-state index contributed by atoms with van der Waals surface area (Å²) in [4.78, 5) is 13.7. The second-order valence-electron chi connectivity index (χ2n) is 6.12. The van der Waals surface area contributed by atoms with E-state index in [0.29, 0.717) is 19.5 Å². The van der Waals surface area contributed by atoms with Crippen molar-refractivity contribution in [1.29, 1.82) is 0 Å². The molecule has 1 aliphatic heterocycles. The summed E-state index contributed by atoms with van der Waals surface area (Å²) in [5.74, 6) is -1.17. The minimum Gasteiger partial charge on any atom is -0.358 e. The minimum absolute atomic E-state index is 0.111. The van der Waals surface area contributed by atoms with Crippen molar-refractivity contribution in [2.24, 2.45) is 0 Å². The number of amides is 1. The number of benzene rings is 2. The summed E-state index contributed by atoms with van der Waals surface area (Å²) in [6.07, 6.45) is 1.51. The molecular formula is C19H19F2N3OS. The van der Waals surface area contributed by atoms with E-state index >= 15 is 0 Å². The Balaban J connectivity index is 1.60. The molecule has 1 fully saturated rings. The van der Waals surface area contributed by atoms with Crippen LogP contribution >= 0.6 is 12.2 Å². The van der Waals surface area contributed by atoms with Gasteiger partial charge < -0.3 is 15.5 Å². The molecule has 1 amide bonds. The van der Waals surface area contributed by atoms with Gasteiger partial charge in [-0.25, -0.2) is 8.78 Å². The van der Waals surface area contributed by atoms with Gasteiger partial charge in [0.15, 0.2) is 5.11 Å². The Morgan fingerprint density at radius 1 is 1.15 bits per heavy atom. The first-order valence-corrected chi connectivity index (χ1v) is 8.78. The van der Waals surface area contributed by atoms with Crippen LogP contribution < -0.4 is 10.6 Å². The van der Waals surface area contributed by atoms with Gasteiger partial charge in [0, 0.05) is 32.1 Å². The van der Waals surface area contributed by atoms with Crippen LogP contribution in [-0.4, -0.2) is 22.5 Å². The van der Waals surface area contributed by atoms with Crippen LogP contribution in [0.3, 0.4) is 0 Å². The molecule has 2 N–H and O–H groups in total. The molecule has 0 aliphatic carbocycles. The topological polar surface area (TPSA) is 44.4 Å². The summed E-state index contributed by atoms with van der Waals surface area (Å²) in [7, 11) is 0. The molecule has 0 spiro atoms. The molecule has 0 saturated carbocycles.